The molecule has 1 fully saturated rings. The summed E-state index contributed by atoms with van der Waals surface area (Å²) in [7, 11) is 0. The molecule has 0 saturated heterocycles. The third-order valence-corrected chi connectivity index (χ3v) is 3.79. The Hall–Kier alpha value is -0.570. The van der Waals surface area contributed by atoms with Crippen molar-refractivity contribution in [3.8, 4) is 0 Å². The molecule has 0 radical (unpaired) electrons. The van der Waals surface area contributed by atoms with Gasteiger partial charge in [-0.25, -0.2) is 0 Å². The van der Waals surface area contributed by atoms with Crippen molar-refractivity contribution in [2.75, 3.05) is 13.2 Å². The molecule has 17 heavy (non-hydrogen) atoms. The summed E-state index contributed by atoms with van der Waals surface area (Å²) in [5.74, 6) is 0.621. The van der Waals surface area contributed by atoms with Crippen molar-refractivity contribution >= 4 is 5.97 Å². The Morgan fingerprint density at radius 2 is 1.94 bits per heavy atom. The van der Waals surface area contributed by atoms with E-state index >= 15 is 0 Å². The van der Waals surface area contributed by atoms with E-state index in [1.54, 1.807) is 0 Å². The van der Waals surface area contributed by atoms with Crippen molar-refractivity contribution in [2.45, 2.75) is 58.8 Å². The van der Waals surface area contributed by atoms with Gasteiger partial charge in [-0.15, -0.1) is 0 Å². The smallest absolute Gasteiger partial charge is 0.313 e. The minimum atomic E-state index is -0.365. The minimum absolute atomic E-state index is 0.0524. The van der Waals surface area contributed by atoms with Crippen LogP contribution in [0.1, 0.15) is 58.8 Å². The van der Waals surface area contributed by atoms with E-state index in [0.29, 0.717) is 19.1 Å². The number of carbonyl (C=O) groups is 1. The van der Waals surface area contributed by atoms with Crippen molar-refractivity contribution in [2.24, 2.45) is 17.1 Å². The summed E-state index contributed by atoms with van der Waals surface area (Å²) in [6.07, 6.45) is 7.34. The van der Waals surface area contributed by atoms with Crippen LogP contribution in [0.4, 0.5) is 0 Å². The van der Waals surface area contributed by atoms with Crippen LogP contribution in [0.3, 0.4) is 0 Å². The SMILES string of the molecule is CC(C)CCCOC(=O)C1(CN)CCCCC1. The highest BCUT2D eigenvalue weighted by Crippen LogP contribution is 2.36. The Balaban J connectivity index is 2.33. The molecule has 100 valence electrons. The van der Waals surface area contributed by atoms with E-state index < -0.39 is 0 Å². The Bertz CT molecular complexity index is 232. The van der Waals surface area contributed by atoms with Crippen LogP contribution in [0.2, 0.25) is 0 Å². The maximum atomic E-state index is 12.1. The molecule has 0 bridgehead atoms. The van der Waals surface area contributed by atoms with E-state index in [0.717, 1.165) is 38.5 Å². The summed E-state index contributed by atoms with van der Waals surface area (Å²) in [4.78, 5) is 12.1. The van der Waals surface area contributed by atoms with Gasteiger partial charge in [-0.05, 0) is 31.6 Å². The predicted molar refractivity (Wildman–Crippen MR) is 69.6 cm³/mol. The van der Waals surface area contributed by atoms with E-state index in [1.165, 1.54) is 6.42 Å². The number of carbonyl (C=O) groups excluding carboxylic acids is 1. The summed E-state index contributed by atoms with van der Waals surface area (Å²) >= 11 is 0. The van der Waals surface area contributed by atoms with E-state index in [9.17, 15) is 4.79 Å². The molecule has 0 aliphatic heterocycles. The van der Waals surface area contributed by atoms with Crippen molar-refractivity contribution in [3.05, 3.63) is 0 Å². The molecule has 2 N–H and O–H groups in total. The molecule has 0 aromatic carbocycles. The number of rotatable bonds is 6. The van der Waals surface area contributed by atoms with Crippen LogP contribution < -0.4 is 5.73 Å². The zero-order valence-electron chi connectivity index (χ0n) is 11.3. The molecule has 0 unspecified atom stereocenters. The largest absolute Gasteiger partial charge is 0.465 e. The van der Waals surface area contributed by atoms with Crippen LogP contribution in [0.5, 0.6) is 0 Å². The second-order valence-corrected chi connectivity index (χ2v) is 5.72. The zero-order chi connectivity index (χ0) is 12.7. The second-order valence-electron chi connectivity index (χ2n) is 5.72. The molecule has 1 aliphatic rings. The van der Waals surface area contributed by atoms with Gasteiger partial charge >= 0.3 is 5.97 Å². The first kappa shape index (κ1) is 14.5. The minimum Gasteiger partial charge on any atom is -0.465 e. The van der Waals surface area contributed by atoms with Gasteiger partial charge in [0.1, 0.15) is 0 Å². The average Bonchev–Trinajstić information content (AvgIpc) is 2.35. The third-order valence-electron chi connectivity index (χ3n) is 3.79. The first-order valence-corrected chi connectivity index (χ1v) is 6.98. The van der Waals surface area contributed by atoms with Gasteiger partial charge in [-0.2, -0.15) is 0 Å². The van der Waals surface area contributed by atoms with Crippen LogP contribution in [0.25, 0.3) is 0 Å². The highest BCUT2D eigenvalue weighted by Gasteiger charge is 2.39. The molecular weight excluding hydrogens is 214 g/mol. The fraction of sp³-hybridized carbons (Fsp3) is 0.929. The summed E-state index contributed by atoms with van der Waals surface area (Å²) in [6, 6.07) is 0. The molecule has 1 rings (SSSR count). The fourth-order valence-corrected chi connectivity index (χ4v) is 2.53. The average molecular weight is 241 g/mol. The van der Waals surface area contributed by atoms with Gasteiger partial charge < -0.3 is 10.5 Å². The van der Waals surface area contributed by atoms with Gasteiger partial charge in [0.05, 0.1) is 12.0 Å². The topological polar surface area (TPSA) is 52.3 Å². The highest BCUT2D eigenvalue weighted by molar-refractivity contribution is 5.77. The standard InChI is InChI=1S/C14H27NO2/c1-12(2)7-6-10-17-13(16)14(11-15)8-4-3-5-9-14/h12H,3-11,15H2,1-2H3. The molecule has 0 heterocycles. The normalized spacial score (nSPS) is 19.3. The molecule has 3 nitrogen and oxygen atoms in total. The molecular formula is C14H27NO2. The monoisotopic (exact) mass is 241 g/mol. The Morgan fingerprint density at radius 1 is 1.29 bits per heavy atom. The number of nitrogens with two attached hydrogens (primary N) is 1. The summed E-state index contributed by atoms with van der Waals surface area (Å²) in [6.45, 7) is 5.36. The highest BCUT2D eigenvalue weighted by atomic mass is 16.5. The van der Waals surface area contributed by atoms with E-state index in [4.69, 9.17) is 10.5 Å². The van der Waals surface area contributed by atoms with Gasteiger partial charge in [0.25, 0.3) is 0 Å². The van der Waals surface area contributed by atoms with Gasteiger partial charge in [0.2, 0.25) is 0 Å². The molecule has 0 atom stereocenters. The van der Waals surface area contributed by atoms with Gasteiger partial charge in [0, 0.05) is 6.54 Å². The van der Waals surface area contributed by atoms with Crippen molar-refractivity contribution in [1.82, 2.24) is 0 Å². The summed E-state index contributed by atoms with van der Waals surface area (Å²) in [5, 5.41) is 0. The maximum Gasteiger partial charge on any atom is 0.313 e. The van der Waals surface area contributed by atoms with Gasteiger partial charge in [-0.3, -0.25) is 4.79 Å². The van der Waals surface area contributed by atoms with Crippen LogP contribution in [0, 0.1) is 11.3 Å². The van der Waals surface area contributed by atoms with E-state index in [1.807, 2.05) is 0 Å². The number of ether oxygens (including phenoxy) is 1. The molecule has 1 aliphatic carbocycles. The van der Waals surface area contributed by atoms with Crippen molar-refractivity contribution in [3.63, 3.8) is 0 Å². The second kappa shape index (κ2) is 7.00. The molecule has 1 saturated carbocycles. The molecule has 0 spiro atoms. The van der Waals surface area contributed by atoms with E-state index in [-0.39, 0.29) is 11.4 Å². The van der Waals surface area contributed by atoms with Gasteiger partial charge in [-0.1, -0.05) is 33.1 Å². The predicted octanol–water partition coefficient (Wildman–Crippen LogP) is 2.88. The molecule has 0 aromatic heterocycles. The summed E-state index contributed by atoms with van der Waals surface area (Å²) < 4.78 is 5.41. The fourth-order valence-electron chi connectivity index (χ4n) is 2.53. The molecule has 0 amide bonds. The third kappa shape index (κ3) is 4.30. The lowest BCUT2D eigenvalue weighted by molar-refractivity contribution is -0.157. The molecule has 0 aromatic rings. The Labute approximate surface area is 105 Å². The number of hydrogen-bond donors (Lipinski definition) is 1. The zero-order valence-corrected chi connectivity index (χ0v) is 11.3. The lowest BCUT2D eigenvalue weighted by Crippen LogP contribution is -2.41. The van der Waals surface area contributed by atoms with Crippen LogP contribution in [0.15, 0.2) is 0 Å². The van der Waals surface area contributed by atoms with Gasteiger partial charge in [0.15, 0.2) is 0 Å². The Morgan fingerprint density at radius 3 is 2.47 bits per heavy atom. The van der Waals surface area contributed by atoms with Crippen LogP contribution in [-0.2, 0) is 9.53 Å². The van der Waals surface area contributed by atoms with Crippen LogP contribution in [-0.4, -0.2) is 19.1 Å². The first-order chi connectivity index (χ1) is 8.10. The first-order valence-electron chi connectivity index (χ1n) is 6.98. The molecule has 3 heteroatoms. The lowest BCUT2D eigenvalue weighted by atomic mass is 9.74. The summed E-state index contributed by atoms with van der Waals surface area (Å²) in [5.41, 5.74) is 5.43. The Kier molecular flexibility index (Phi) is 5.96. The van der Waals surface area contributed by atoms with Crippen molar-refractivity contribution < 1.29 is 9.53 Å². The van der Waals surface area contributed by atoms with Crippen LogP contribution >= 0.6 is 0 Å². The lowest BCUT2D eigenvalue weighted by Gasteiger charge is -2.33. The quantitative estimate of drug-likeness (QED) is 0.574. The number of esters is 1. The van der Waals surface area contributed by atoms with Crippen molar-refractivity contribution in [1.29, 1.82) is 0 Å². The van der Waals surface area contributed by atoms with E-state index in [2.05, 4.69) is 13.8 Å². The number of hydrogen-bond acceptors (Lipinski definition) is 3. The maximum absolute atomic E-state index is 12.1.